The molecule has 2 aromatic rings. The highest BCUT2D eigenvalue weighted by molar-refractivity contribution is 7.13. The van der Waals surface area contributed by atoms with Crippen LogP contribution >= 0.6 is 11.3 Å². The van der Waals surface area contributed by atoms with E-state index in [1.165, 1.54) is 11.3 Å². The van der Waals surface area contributed by atoms with Crippen molar-refractivity contribution in [3.05, 3.63) is 51.5 Å². The molecule has 0 unspecified atom stereocenters. The summed E-state index contributed by atoms with van der Waals surface area (Å²) in [6, 6.07) is 10.0. The van der Waals surface area contributed by atoms with Gasteiger partial charge in [-0.2, -0.15) is 0 Å². The van der Waals surface area contributed by atoms with Crippen LogP contribution in [-0.2, 0) is 11.2 Å². The van der Waals surface area contributed by atoms with Gasteiger partial charge in [0.15, 0.2) is 0 Å². The Balaban J connectivity index is 2.02. The number of carbonyl (C=O) groups excluding carboxylic acids is 1. The number of carbonyl (C=O) groups is 2. The molecule has 0 saturated heterocycles. The van der Waals surface area contributed by atoms with Crippen LogP contribution in [0.25, 0.3) is 0 Å². The van der Waals surface area contributed by atoms with Crippen LogP contribution in [0.3, 0.4) is 0 Å². The fourth-order valence-corrected chi connectivity index (χ4v) is 3.33. The third-order valence-corrected chi connectivity index (χ3v) is 4.61. The van der Waals surface area contributed by atoms with Gasteiger partial charge in [-0.05, 0) is 18.9 Å². The van der Waals surface area contributed by atoms with E-state index < -0.39 is 5.97 Å². The molecule has 0 spiro atoms. The number of thiazole rings is 1. The lowest BCUT2D eigenvalue weighted by molar-refractivity contribution is -0.137. The van der Waals surface area contributed by atoms with E-state index in [1.807, 2.05) is 37.3 Å². The molecule has 6 heteroatoms. The molecule has 0 aliphatic rings. The first-order valence-electron chi connectivity index (χ1n) is 7.45. The largest absolute Gasteiger partial charge is 0.481 e. The lowest BCUT2D eigenvalue weighted by atomic mass is 10.2. The number of aliphatic carboxylic acids is 1. The minimum absolute atomic E-state index is 0.0680. The van der Waals surface area contributed by atoms with Gasteiger partial charge in [0.2, 0.25) is 0 Å². The van der Waals surface area contributed by atoms with E-state index >= 15 is 0 Å². The van der Waals surface area contributed by atoms with Crippen LogP contribution in [0.1, 0.15) is 38.8 Å². The highest BCUT2D eigenvalue weighted by Crippen LogP contribution is 2.22. The second kappa shape index (κ2) is 7.87. The molecule has 0 aliphatic carbocycles. The van der Waals surface area contributed by atoms with Crippen molar-refractivity contribution in [3.63, 3.8) is 0 Å². The number of amides is 1. The molecule has 0 radical (unpaired) electrons. The van der Waals surface area contributed by atoms with E-state index in [0.29, 0.717) is 24.3 Å². The molecule has 1 heterocycles. The molecule has 1 amide bonds. The van der Waals surface area contributed by atoms with Gasteiger partial charge < -0.3 is 10.0 Å². The van der Waals surface area contributed by atoms with Crippen molar-refractivity contribution in [2.75, 3.05) is 13.6 Å². The third kappa shape index (κ3) is 4.89. The quantitative estimate of drug-likeness (QED) is 0.846. The van der Waals surface area contributed by atoms with E-state index in [9.17, 15) is 9.59 Å². The van der Waals surface area contributed by atoms with Gasteiger partial charge in [0.25, 0.3) is 5.91 Å². The number of carboxylic acids is 1. The molecule has 0 fully saturated rings. The Bertz CT molecular complexity index is 682. The van der Waals surface area contributed by atoms with Crippen LogP contribution in [0.5, 0.6) is 0 Å². The Labute approximate surface area is 139 Å². The zero-order chi connectivity index (χ0) is 16.8. The molecular formula is C17H20N2O3S. The summed E-state index contributed by atoms with van der Waals surface area (Å²) in [6.07, 6.45) is 1.23. The molecule has 5 nitrogen and oxygen atoms in total. The van der Waals surface area contributed by atoms with Crippen molar-refractivity contribution in [1.29, 1.82) is 0 Å². The Morgan fingerprint density at radius 2 is 1.96 bits per heavy atom. The smallest absolute Gasteiger partial charge is 0.303 e. The van der Waals surface area contributed by atoms with Crippen LogP contribution in [0.4, 0.5) is 0 Å². The normalized spacial score (nSPS) is 10.5. The predicted octanol–water partition coefficient (Wildman–Crippen LogP) is 2.98. The highest BCUT2D eigenvalue weighted by atomic mass is 32.1. The maximum Gasteiger partial charge on any atom is 0.303 e. The average Bonchev–Trinajstić information content (AvgIpc) is 2.87. The molecule has 1 N–H and O–H groups in total. The highest BCUT2D eigenvalue weighted by Gasteiger charge is 2.19. The first-order valence-corrected chi connectivity index (χ1v) is 8.26. The van der Waals surface area contributed by atoms with Crippen molar-refractivity contribution in [3.8, 4) is 0 Å². The van der Waals surface area contributed by atoms with Crippen LogP contribution < -0.4 is 0 Å². The number of hydrogen-bond acceptors (Lipinski definition) is 4. The fourth-order valence-electron chi connectivity index (χ4n) is 2.24. The molecule has 0 aliphatic heterocycles. The topological polar surface area (TPSA) is 70.5 Å². The van der Waals surface area contributed by atoms with Gasteiger partial charge in [-0.3, -0.25) is 9.59 Å². The monoisotopic (exact) mass is 332 g/mol. The zero-order valence-electron chi connectivity index (χ0n) is 13.3. The van der Waals surface area contributed by atoms with Crippen molar-refractivity contribution in [2.45, 2.75) is 26.2 Å². The summed E-state index contributed by atoms with van der Waals surface area (Å²) in [5, 5.41) is 9.57. The molecule has 23 heavy (non-hydrogen) atoms. The SMILES string of the molecule is Cc1nc(Cc2ccccc2)sc1C(=O)N(C)CCCC(=O)O. The van der Waals surface area contributed by atoms with E-state index in [4.69, 9.17) is 5.11 Å². The summed E-state index contributed by atoms with van der Waals surface area (Å²) in [4.78, 5) is 29.7. The number of carboxylic acid groups (broad SMARTS) is 1. The Morgan fingerprint density at radius 1 is 1.26 bits per heavy atom. The van der Waals surface area contributed by atoms with Gasteiger partial charge in [0, 0.05) is 26.4 Å². The Kier molecular flexibility index (Phi) is 5.87. The molecule has 1 aromatic heterocycles. The van der Waals surface area contributed by atoms with Crippen molar-refractivity contribution >= 4 is 23.2 Å². The first kappa shape index (κ1) is 17.1. The van der Waals surface area contributed by atoms with Crippen molar-refractivity contribution in [1.82, 2.24) is 9.88 Å². The minimum atomic E-state index is -0.843. The van der Waals surface area contributed by atoms with E-state index in [2.05, 4.69) is 4.98 Å². The van der Waals surface area contributed by atoms with Gasteiger partial charge in [0.05, 0.1) is 10.7 Å². The maximum absolute atomic E-state index is 12.5. The van der Waals surface area contributed by atoms with E-state index in [1.54, 1.807) is 11.9 Å². The minimum Gasteiger partial charge on any atom is -0.481 e. The summed E-state index contributed by atoms with van der Waals surface area (Å²) in [7, 11) is 1.69. The summed E-state index contributed by atoms with van der Waals surface area (Å²) in [6.45, 7) is 2.26. The van der Waals surface area contributed by atoms with Crippen LogP contribution in [0.2, 0.25) is 0 Å². The zero-order valence-corrected chi connectivity index (χ0v) is 14.1. The molecule has 122 valence electrons. The van der Waals surface area contributed by atoms with Crippen LogP contribution in [-0.4, -0.2) is 40.5 Å². The summed E-state index contributed by atoms with van der Waals surface area (Å²) in [5.41, 5.74) is 1.89. The number of nitrogens with zero attached hydrogens (tertiary/aromatic N) is 2. The van der Waals surface area contributed by atoms with Gasteiger partial charge in [0.1, 0.15) is 4.88 Å². The maximum atomic E-state index is 12.5. The molecular weight excluding hydrogens is 312 g/mol. The third-order valence-electron chi connectivity index (χ3n) is 3.46. The van der Waals surface area contributed by atoms with E-state index in [0.717, 1.165) is 16.3 Å². The van der Waals surface area contributed by atoms with E-state index in [-0.39, 0.29) is 12.3 Å². The Morgan fingerprint density at radius 3 is 2.61 bits per heavy atom. The second-order valence-corrected chi connectivity index (χ2v) is 6.49. The summed E-state index contributed by atoms with van der Waals surface area (Å²) >= 11 is 1.41. The van der Waals surface area contributed by atoms with Gasteiger partial charge >= 0.3 is 5.97 Å². The number of rotatable bonds is 7. The lowest BCUT2D eigenvalue weighted by Crippen LogP contribution is -2.27. The fraction of sp³-hybridized carbons (Fsp3) is 0.353. The van der Waals surface area contributed by atoms with Gasteiger partial charge in [-0.1, -0.05) is 30.3 Å². The molecule has 2 rings (SSSR count). The predicted molar refractivity (Wildman–Crippen MR) is 89.9 cm³/mol. The molecule has 0 bridgehead atoms. The van der Waals surface area contributed by atoms with Crippen LogP contribution in [0, 0.1) is 6.92 Å². The number of hydrogen-bond donors (Lipinski definition) is 1. The molecule has 0 atom stereocenters. The van der Waals surface area contributed by atoms with Gasteiger partial charge in [-0.25, -0.2) is 4.98 Å². The standard InChI is InChI=1S/C17H20N2O3S/c1-12-16(17(22)19(2)10-6-9-15(20)21)23-14(18-12)11-13-7-4-3-5-8-13/h3-5,7-8H,6,9-11H2,1-2H3,(H,20,21). The second-order valence-electron chi connectivity index (χ2n) is 5.41. The van der Waals surface area contributed by atoms with Crippen molar-refractivity contribution in [2.24, 2.45) is 0 Å². The summed E-state index contributed by atoms with van der Waals surface area (Å²) < 4.78 is 0. The first-order chi connectivity index (χ1) is 11.0. The lowest BCUT2D eigenvalue weighted by Gasteiger charge is -2.15. The van der Waals surface area contributed by atoms with Crippen molar-refractivity contribution < 1.29 is 14.7 Å². The molecule has 1 aromatic carbocycles. The Hall–Kier alpha value is -2.21. The number of benzene rings is 1. The van der Waals surface area contributed by atoms with Gasteiger partial charge in [-0.15, -0.1) is 11.3 Å². The molecule has 0 saturated carbocycles. The number of aromatic nitrogens is 1. The number of aryl methyl sites for hydroxylation is 1. The van der Waals surface area contributed by atoms with Crippen LogP contribution in [0.15, 0.2) is 30.3 Å². The average molecular weight is 332 g/mol. The summed E-state index contributed by atoms with van der Waals surface area (Å²) in [5.74, 6) is -0.935.